The highest BCUT2D eigenvalue weighted by molar-refractivity contribution is 5.80. The molecule has 20 heavy (non-hydrogen) atoms. The van der Waals surface area contributed by atoms with Crippen molar-refractivity contribution in [2.45, 2.75) is 34.1 Å². The van der Waals surface area contributed by atoms with Gasteiger partial charge in [-0.2, -0.15) is 5.10 Å². The van der Waals surface area contributed by atoms with Crippen molar-refractivity contribution in [1.82, 2.24) is 9.78 Å². The SMILES string of the molecule is CCc1c(C)nn(C(=O)COc2cccc(C)c2)c1C. The third-order valence-electron chi connectivity index (χ3n) is 3.38. The lowest BCUT2D eigenvalue weighted by Gasteiger charge is -2.07. The van der Waals surface area contributed by atoms with Gasteiger partial charge in [0.1, 0.15) is 5.75 Å². The molecule has 0 saturated carbocycles. The molecule has 0 spiro atoms. The van der Waals surface area contributed by atoms with Crippen LogP contribution in [0.4, 0.5) is 0 Å². The number of hydrogen-bond acceptors (Lipinski definition) is 3. The molecular formula is C16H20N2O2. The molecule has 0 aliphatic rings. The van der Waals surface area contributed by atoms with Crippen molar-refractivity contribution < 1.29 is 9.53 Å². The van der Waals surface area contributed by atoms with Crippen LogP contribution in [0, 0.1) is 20.8 Å². The van der Waals surface area contributed by atoms with Gasteiger partial charge in [-0.1, -0.05) is 19.1 Å². The standard InChI is InChI=1S/C16H20N2O2/c1-5-15-12(3)17-18(13(15)4)16(19)10-20-14-8-6-7-11(2)9-14/h6-9H,5,10H2,1-4H3. The number of carbonyl (C=O) groups excluding carboxylic acids is 1. The Bertz CT molecular complexity index is 629. The van der Waals surface area contributed by atoms with Crippen molar-refractivity contribution >= 4 is 5.91 Å². The van der Waals surface area contributed by atoms with Crippen LogP contribution in [0.2, 0.25) is 0 Å². The number of hydrogen-bond donors (Lipinski definition) is 0. The lowest BCUT2D eigenvalue weighted by Crippen LogP contribution is -2.21. The third-order valence-corrected chi connectivity index (χ3v) is 3.38. The highest BCUT2D eigenvalue weighted by Gasteiger charge is 2.15. The monoisotopic (exact) mass is 272 g/mol. The van der Waals surface area contributed by atoms with E-state index < -0.39 is 0 Å². The number of benzene rings is 1. The molecule has 4 nitrogen and oxygen atoms in total. The van der Waals surface area contributed by atoms with Crippen LogP contribution in [0.25, 0.3) is 0 Å². The summed E-state index contributed by atoms with van der Waals surface area (Å²) in [5.41, 5.74) is 4.06. The van der Waals surface area contributed by atoms with Gasteiger partial charge in [0.05, 0.1) is 5.69 Å². The topological polar surface area (TPSA) is 44.1 Å². The zero-order valence-corrected chi connectivity index (χ0v) is 12.4. The molecule has 1 aromatic heterocycles. The Morgan fingerprint density at radius 3 is 2.65 bits per heavy atom. The van der Waals surface area contributed by atoms with Crippen LogP contribution < -0.4 is 4.74 Å². The molecule has 0 atom stereocenters. The molecule has 0 amide bonds. The average molecular weight is 272 g/mol. The van der Waals surface area contributed by atoms with Crippen LogP contribution in [0.5, 0.6) is 5.75 Å². The lowest BCUT2D eigenvalue weighted by molar-refractivity contribution is 0.0818. The van der Waals surface area contributed by atoms with E-state index >= 15 is 0 Å². The van der Waals surface area contributed by atoms with Gasteiger partial charge in [-0.25, -0.2) is 4.68 Å². The minimum atomic E-state index is -0.146. The Balaban J connectivity index is 2.09. The molecule has 0 fully saturated rings. The van der Waals surface area contributed by atoms with Gasteiger partial charge in [0, 0.05) is 5.69 Å². The summed E-state index contributed by atoms with van der Waals surface area (Å²) in [4.78, 5) is 12.2. The van der Waals surface area contributed by atoms with Gasteiger partial charge in [-0.3, -0.25) is 4.79 Å². The Kier molecular flexibility index (Phi) is 4.23. The molecule has 0 bridgehead atoms. The van der Waals surface area contributed by atoms with E-state index in [1.165, 1.54) is 4.68 Å². The summed E-state index contributed by atoms with van der Waals surface area (Å²) >= 11 is 0. The van der Waals surface area contributed by atoms with Crippen molar-refractivity contribution in [2.24, 2.45) is 0 Å². The van der Waals surface area contributed by atoms with Gasteiger partial charge >= 0.3 is 0 Å². The zero-order chi connectivity index (χ0) is 14.7. The van der Waals surface area contributed by atoms with Crippen LogP contribution in [-0.2, 0) is 6.42 Å². The lowest BCUT2D eigenvalue weighted by atomic mass is 10.1. The molecule has 2 aromatic rings. The number of aryl methyl sites for hydroxylation is 2. The van der Waals surface area contributed by atoms with Crippen molar-refractivity contribution in [3.05, 3.63) is 46.8 Å². The van der Waals surface area contributed by atoms with Crippen LogP contribution in [0.3, 0.4) is 0 Å². The van der Waals surface area contributed by atoms with E-state index in [4.69, 9.17) is 4.74 Å². The summed E-state index contributed by atoms with van der Waals surface area (Å²) in [5.74, 6) is 0.558. The first-order valence-electron chi connectivity index (χ1n) is 6.80. The van der Waals surface area contributed by atoms with Crippen LogP contribution in [0.15, 0.2) is 24.3 Å². The molecule has 0 aliphatic carbocycles. The maximum atomic E-state index is 12.2. The van der Waals surface area contributed by atoms with Crippen LogP contribution in [-0.4, -0.2) is 22.3 Å². The second-order valence-electron chi connectivity index (χ2n) is 4.91. The smallest absolute Gasteiger partial charge is 0.284 e. The van der Waals surface area contributed by atoms with E-state index in [0.717, 1.165) is 28.9 Å². The summed E-state index contributed by atoms with van der Waals surface area (Å²) in [6.45, 7) is 7.90. The maximum absolute atomic E-state index is 12.2. The Hall–Kier alpha value is -2.10. The molecule has 0 aliphatic heterocycles. The summed E-state index contributed by atoms with van der Waals surface area (Å²) in [6.07, 6.45) is 0.879. The van der Waals surface area contributed by atoms with Crippen molar-refractivity contribution in [3.63, 3.8) is 0 Å². The molecule has 0 radical (unpaired) electrons. The van der Waals surface area contributed by atoms with E-state index in [-0.39, 0.29) is 12.5 Å². The second-order valence-corrected chi connectivity index (χ2v) is 4.91. The largest absolute Gasteiger partial charge is 0.484 e. The minimum absolute atomic E-state index is 0.00539. The van der Waals surface area contributed by atoms with Gasteiger partial charge < -0.3 is 4.74 Å². The Morgan fingerprint density at radius 2 is 2.05 bits per heavy atom. The van der Waals surface area contributed by atoms with E-state index in [2.05, 4.69) is 12.0 Å². The first kappa shape index (κ1) is 14.3. The van der Waals surface area contributed by atoms with Crippen molar-refractivity contribution in [2.75, 3.05) is 6.61 Å². The van der Waals surface area contributed by atoms with Crippen LogP contribution >= 0.6 is 0 Å². The third kappa shape index (κ3) is 2.90. The molecule has 2 rings (SSSR count). The quantitative estimate of drug-likeness (QED) is 0.859. The number of carbonyl (C=O) groups is 1. The number of nitrogens with zero attached hydrogens (tertiary/aromatic N) is 2. The van der Waals surface area contributed by atoms with Gasteiger partial charge in [0.25, 0.3) is 5.91 Å². The predicted octanol–water partition coefficient (Wildman–Crippen LogP) is 3.09. The average Bonchev–Trinajstić information content (AvgIpc) is 2.71. The normalized spacial score (nSPS) is 10.6. The summed E-state index contributed by atoms with van der Waals surface area (Å²) in [7, 11) is 0. The summed E-state index contributed by atoms with van der Waals surface area (Å²) < 4.78 is 6.98. The molecule has 1 heterocycles. The van der Waals surface area contributed by atoms with Crippen LogP contribution in [0.1, 0.15) is 34.2 Å². The van der Waals surface area contributed by atoms with Crippen molar-refractivity contribution in [1.29, 1.82) is 0 Å². The fourth-order valence-corrected chi connectivity index (χ4v) is 2.34. The molecule has 0 saturated heterocycles. The van der Waals surface area contributed by atoms with E-state index in [1.807, 2.05) is 45.0 Å². The molecule has 4 heteroatoms. The van der Waals surface area contributed by atoms with E-state index in [1.54, 1.807) is 0 Å². The Morgan fingerprint density at radius 1 is 1.30 bits per heavy atom. The molecule has 1 aromatic carbocycles. The molecular weight excluding hydrogens is 252 g/mol. The fraction of sp³-hybridized carbons (Fsp3) is 0.375. The minimum Gasteiger partial charge on any atom is -0.484 e. The summed E-state index contributed by atoms with van der Waals surface area (Å²) in [6, 6.07) is 7.65. The first-order chi connectivity index (χ1) is 9.52. The number of aromatic nitrogens is 2. The Labute approximate surface area is 119 Å². The van der Waals surface area contributed by atoms with Gasteiger partial charge in [-0.05, 0) is 50.5 Å². The highest BCUT2D eigenvalue weighted by Crippen LogP contribution is 2.15. The predicted molar refractivity (Wildman–Crippen MR) is 78.4 cm³/mol. The molecule has 0 N–H and O–H groups in total. The fourth-order valence-electron chi connectivity index (χ4n) is 2.34. The highest BCUT2D eigenvalue weighted by atomic mass is 16.5. The molecule has 0 unspecified atom stereocenters. The van der Waals surface area contributed by atoms with Gasteiger partial charge in [0.15, 0.2) is 6.61 Å². The number of ether oxygens (including phenoxy) is 1. The van der Waals surface area contributed by atoms with E-state index in [9.17, 15) is 4.79 Å². The molecule has 106 valence electrons. The maximum Gasteiger partial charge on any atom is 0.284 e. The van der Waals surface area contributed by atoms with Crippen molar-refractivity contribution in [3.8, 4) is 5.75 Å². The summed E-state index contributed by atoms with van der Waals surface area (Å²) in [5, 5.41) is 4.30. The zero-order valence-electron chi connectivity index (χ0n) is 12.4. The second kappa shape index (κ2) is 5.90. The number of rotatable bonds is 4. The van der Waals surface area contributed by atoms with Gasteiger partial charge in [-0.15, -0.1) is 0 Å². The van der Waals surface area contributed by atoms with E-state index in [0.29, 0.717) is 5.75 Å². The first-order valence-corrected chi connectivity index (χ1v) is 6.80. The van der Waals surface area contributed by atoms with Gasteiger partial charge in [0.2, 0.25) is 0 Å².